The molecular formula is C10H28N6O6S4. The summed E-state index contributed by atoms with van der Waals surface area (Å²) in [5, 5.41) is 12.1. The number of guanidine groups is 2. The maximum atomic E-state index is 10.4. The quantitative estimate of drug-likeness (QED) is 0.0635. The van der Waals surface area contributed by atoms with Gasteiger partial charge < -0.3 is 22.9 Å². The Balaban J connectivity index is -0.000000551. The van der Waals surface area contributed by atoms with Gasteiger partial charge in [-0.15, -0.1) is 0 Å². The molecule has 0 bridgehead atoms. The highest BCUT2D eigenvalue weighted by atomic mass is 33.1. The summed E-state index contributed by atoms with van der Waals surface area (Å²) in [4.78, 5) is 0. The zero-order valence-electron chi connectivity index (χ0n) is 14.1. The minimum absolute atomic E-state index is 0.202. The van der Waals surface area contributed by atoms with Gasteiger partial charge in [0.2, 0.25) is 0 Å². The molecule has 0 unspecified atom stereocenters. The first-order valence-electron chi connectivity index (χ1n) is 7.01. The van der Waals surface area contributed by atoms with Crippen LogP contribution in [-0.4, -0.2) is 60.9 Å². The normalized spacial score (nSPS) is 10.7. The summed E-state index contributed by atoms with van der Waals surface area (Å²) in [5.41, 5.74) is 17.9. The van der Waals surface area contributed by atoms with Crippen molar-refractivity contribution in [3.05, 3.63) is 0 Å². The van der Waals surface area contributed by atoms with Crippen molar-refractivity contribution in [3.63, 3.8) is 0 Å². The van der Waals surface area contributed by atoms with E-state index in [1.807, 2.05) is 0 Å². The minimum atomic E-state index is -3.84. The number of rotatable bonds is 11. The van der Waals surface area contributed by atoms with Gasteiger partial charge in [-0.25, -0.2) is 0 Å². The van der Waals surface area contributed by atoms with E-state index in [1.54, 1.807) is 21.6 Å². The molecule has 0 saturated carbocycles. The molecule has 0 aliphatic rings. The topological polar surface area (TPSA) is 261 Å². The van der Waals surface area contributed by atoms with Gasteiger partial charge in [0.05, 0.1) is 11.5 Å². The summed E-state index contributed by atoms with van der Waals surface area (Å²) in [6, 6.07) is 0. The van der Waals surface area contributed by atoms with Gasteiger partial charge in [0.25, 0.3) is 20.2 Å². The van der Waals surface area contributed by atoms with E-state index in [-0.39, 0.29) is 23.4 Å². The van der Waals surface area contributed by atoms with Crippen LogP contribution >= 0.6 is 21.6 Å². The van der Waals surface area contributed by atoms with Gasteiger partial charge in [0.15, 0.2) is 11.9 Å². The highest BCUT2D eigenvalue weighted by Gasteiger charge is 2.04. The number of hydrogen-bond acceptors (Lipinski definition) is 8. The van der Waals surface area contributed by atoms with Crippen molar-refractivity contribution in [1.82, 2.24) is 0 Å². The Morgan fingerprint density at radius 2 is 0.923 bits per heavy atom. The van der Waals surface area contributed by atoms with Crippen LogP contribution in [0.15, 0.2) is 0 Å². The van der Waals surface area contributed by atoms with Gasteiger partial charge >= 0.3 is 0 Å². The van der Waals surface area contributed by atoms with Crippen molar-refractivity contribution >= 4 is 53.7 Å². The fourth-order valence-corrected chi connectivity index (χ4v) is 4.44. The van der Waals surface area contributed by atoms with Crippen LogP contribution in [0.25, 0.3) is 0 Å². The zero-order chi connectivity index (χ0) is 21.2. The molecular weight excluding hydrogens is 428 g/mol. The molecule has 26 heavy (non-hydrogen) atoms. The van der Waals surface area contributed by atoms with Gasteiger partial charge in [-0.1, -0.05) is 21.6 Å². The van der Waals surface area contributed by atoms with E-state index >= 15 is 0 Å². The molecule has 0 radical (unpaired) electrons. The molecule has 0 aromatic heterocycles. The van der Waals surface area contributed by atoms with E-state index in [9.17, 15) is 16.8 Å². The van der Waals surface area contributed by atoms with Crippen LogP contribution in [-0.2, 0) is 20.2 Å². The molecule has 0 aliphatic heterocycles. The summed E-state index contributed by atoms with van der Waals surface area (Å²) >= 11 is 0. The number of hydrogen-bond donors (Lipinski definition) is 8. The SMILES string of the molecule is N=C(N)N.N=C(N)N.O=S(=O)(O)CCCCSSCCCCS(=O)(=O)O. The average Bonchev–Trinajstić information content (AvgIpc) is 2.37. The van der Waals surface area contributed by atoms with Crippen molar-refractivity contribution in [2.75, 3.05) is 23.0 Å². The van der Waals surface area contributed by atoms with E-state index in [2.05, 4.69) is 22.9 Å². The lowest BCUT2D eigenvalue weighted by Crippen LogP contribution is -2.20. The van der Waals surface area contributed by atoms with Crippen LogP contribution in [0.1, 0.15) is 25.7 Å². The molecule has 0 spiro atoms. The molecule has 0 rings (SSSR count). The van der Waals surface area contributed by atoms with Crippen LogP contribution in [0.3, 0.4) is 0 Å². The molecule has 0 aliphatic carbocycles. The third-order valence-electron chi connectivity index (χ3n) is 1.84. The van der Waals surface area contributed by atoms with Crippen molar-refractivity contribution in [2.24, 2.45) is 22.9 Å². The second-order valence-corrected chi connectivity index (χ2v) is 10.4. The molecule has 0 atom stereocenters. The van der Waals surface area contributed by atoms with Crippen LogP contribution in [0.2, 0.25) is 0 Å². The fourth-order valence-electron chi connectivity index (χ4n) is 1.01. The van der Waals surface area contributed by atoms with Crippen LogP contribution in [0.4, 0.5) is 0 Å². The summed E-state index contributed by atoms with van der Waals surface area (Å²) in [6.07, 6.45) is 2.30. The molecule has 0 aromatic carbocycles. The second-order valence-electron chi connectivity index (χ2n) is 4.54. The average molecular weight is 457 g/mol. The predicted octanol–water partition coefficient (Wildman–Crippen LogP) is -0.619. The predicted molar refractivity (Wildman–Crippen MR) is 108 cm³/mol. The third-order valence-corrected chi connectivity index (χ3v) is 6.03. The summed E-state index contributed by atoms with van der Waals surface area (Å²) in [7, 11) is -4.50. The molecule has 0 fully saturated rings. The Kier molecular flexibility index (Phi) is 20.0. The first-order valence-corrected chi connectivity index (χ1v) is 12.7. The van der Waals surface area contributed by atoms with Gasteiger partial charge in [0.1, 0.15) is 0 Å². The monoisotopic (exact) mass is 456 g/mol. The van der Waals surface area contributed by atoms with E-state index in [1.165, 1.54) is 0 Å². The van der Waals surface area contributed by atoms with Gasteiger partial charge in [-0.3, -0.25) is 19.9 Å². The Morgan fingerprint density at radius 3 is 1.12 bits per heavy atom. The van der Waals surface area contributed by atoms with E-state index in [4.69, 9.17) is 19.9 Å². The lowest BCUT2D eigenvalue weighted by molar-refractivity contribution is 0.478. The highest BCUT2D eigenvalue weighted by molar-refractivity contribution is 8.76. The Hall–Kier alpha value is -0.940. The molecule has 0 saturated heterocycles. The largest absolute Gasteiger partial charge is 0.370 e. The number of nitrogens with one attached hydrogen (secondary N) is 2. The summed E-state index contributed by atoms with van der Waals surface area (Å²) in [5.74, 6) is 0.510. The maximum Gasteiger partial charge on any atom is 0.264 e. The van der Waals surface area contributed by atoms with Gasteiger partial charge in [0, 0.05) is 11.5 Å². The minimum Gasteiger partial charge on any atom is -0.370 e. The third kappa shape index (κ3) is 56.8. The molecule has 0 heterocycles. The lowest BCUT2D eigenvalue weighted by Gasteiger charge is -2.01. The molecule has 158 valence electrons. The Bertz CT molecular complexity index is 523. The van der Waals surface area contributed by atoms with Crippen molar-refractivity contribution < 1.29 is 25.9 Å². The van der Waals surface area contributed by atoms with Crippen LogP contribution < -0.4 is 22.9 Å². The molecule has 16 heteroatoms. The molecule has 0 amide bonds. The summed E-state index contributed by atoms with van der Waals surface area (Å²) in [6.45, 7) is 0. The molecule has 12 N–H and O–H groups in total. The van der Waals surface area contributed by atoms with Crippen LogP contribution in [0.5, 0.6) is 0 Å². The fraction of sp³-hybridized carbons (Fsp3) is 0.800. The molecule has 0 aromatic rings. The highest BCUT2D eigenvalue weighted by Crippen LogP contribution is 2.23. The second kappa shape index (κ2) is 17.5. The number of unbranched alkanes of at least 4 members (excludes halogenated alkanes) is 2. The maximum absolute atomic E-state index is 10.4. The van der Waals surface area contributed by atoms with Crippen molar-refractivity contribution in [2.45, 2.75) is 25.7 Å². The molecule has 12 nitrogen and oxygen atoms in total. The number of nitrogens with two attached hydrogens (primary N) is 4. The van der Waals surface area contributed by atoms with E-state index < -0.39 is 20.2 Å². The van der Waals surface area contributed by atoms with Crippen molar-refractivity contribution in [3.8, 4) is 0 Å². The van der Waals surface area contributed by atoms with E-state index in [0.717, 1.165) is 11.5 Å². The van der Waals surface area contributed by atoms with Crippen molar-refractivity contribution in [1.29, 1.82) is 10.8 Å². The van der Waals surface area contributed by atoms with Gasteiger partial charge in [-0.05, 0) is 25.7 Å². The van der Waals surface area contributed by atoms with E-state index in [0.29, 0.717) is 25.7 Å². The summed E-state index contributed by atoms with van der Waals surface area (Å²) < 4.78 is 58.5. The first kappa shape index (κ1) is 29.8. The smallest absolute Gasteiger partial charge is 0.264 e. The lowest BCUT2D eigenvalue weighted by atomic mass is 10.4. The zero-order valence-corrected chi connectivity index (χ0v) is 17.4. The first-order chi connectivity index (χ1) is 11.7. The van der Waals surface area contributed by atoms with Gasteiger partial charge in [-0.2, -0.15) is 16.8 Å². The Labute approximate surface area is 162 Å². The van der Waals surface area contributed by atoms with Crippen LogP contribution in [0, 0.1) is 10.8 Å². The standard InChI is InChI=1S/C8H18O6S4.2CH5N3/c9-17(10,11)7-3-1-5-15-16-6-2-4-8-18(12,13)14;2*2-1(3)4/h1-8H2,(H,9,10,11)(H,12,13,14);2*(H5,2,3,4). The Morgan fingerprint density at radius 1 is 0.692 bits per heavy atom.